The molecule has 0 unspecified atom stereocenters. The van der Waals surface area contributed by atoms with Crippen LogP contribution in [0.4, 0.5) is 0 Å². The Labute approximate surface area is 94.1 Å². The molecule has 0 bridgehead atoms. The lowest BCUT2D eigenvalue weighted by Crippen LogP contribution is -2.05. The lowest BCUT2D eigenvalue weighted by Gasteiger charge is -2.06. The number of fused-ring (bicyclic) bond motifs is 1. The van der Waals surface area contributed by atoms with Crippen LogP contribution in [0, 0.1) is 6.92 Å². The first-order valence-electron chi connectivity index (χ1n) is 5.25. The maximum Gasteiger partial charge on any atom is 0.338 e. The van der Waals surface area contributed by atoms with Gasteiger partial charge in [-0.3, -0.25) is 4.98 Å². The first-order chi connectivity index (χ1) is 7.74. The van der Waals surface area contributed by atoms with Crippen molar-refractivity contribution in [2.24, 2.45) is 0 Å². The van der Waals surface area contributed by atoms with Crippen LogP contribution in [0.2, 0.25) is 0 Å². The molecular weight excluding hydrogens is 202 g/mol. The zero-order valence-corrected chi connectivity index (χ0v) is 9.36. The molecule has 0 radical (unpaired) electrons. The number of rotatable bonds is 2. The average molecular weight is 215 g/mol. The Morgan fingerprint density at radius 1 is 1.38 bits per heavy atom. The summed E-state index contributed by atoms with van der Waals surface area (Å²) in [6.45, 7) is 4.16. The maximum atomic E-state index is 11.7. The van der Waals surface area contributed by atoms with Gasteiger partial charge in [0, 0.05) is 11.6 Å². The molecule has 0 N–H and O–H groups in total. The van der Waals surface area contributed by atoms with Crippen molar-refractivity contribution in [3.05, 3.63) is 41.6 Å². The molecule has 82 valence electrons. The molecular formula is C13H13NO2. The Bertz CT molecular complexity index is 534. The third-order valence-electron chi connectivity index (χ3n) is 2.47. The van der Waals surface area contributed by atoms with Gasteiger partial charge >= 0.3 is 5.97 Å². The fraction of sp³-hybridized carbons (Fsp3) is 0.231. The number of aryl methyl sites for hydroxylation is 1. The molecule has 0 atom stereocenters. The summed E-state index contributed by atoms with van der Waals surface area (Å²) < 4.78 is 5.01. The predicted octanol–water partition coefficient (Wildman–Crippen LogP) is 2.72. The van der Waals surface area contributed by atoms with Crippen LogP contribution >= 0.6 is 0 Å². The number of para-hydroxylation sites is 1. The number of esters is 1. The zero-order valence-electron chi connectivity index (χ0n) is 9.36. The highest BCUT2D eigenvalue weighted by Gasteiger charge is 2.11. The second kappa shape index (κ2) is 4.31. The number of carbonyl (C=O) groups excluding carboxylic acids is 1. The summed E-state index contributed by atoms with van der Waals surface area (Å²) in [6.07, 6.45) is 1.64. The van der Waals surface area contributed by atoms with E-state index in [4.69, 9.17) is 4.74 Å². The molecule has 16 heavy (non-hydrogen) atoms. The number of pyridine rings is 1. The summed E-state index contributed by atoms with van der Waals surface area (Å²) in [5.74, 6) is -0.291. The minimum atomic E-state index is -0.291. The third kappa shape index (κ3) is 1.76. The van der Waals surface area contributed by atoms with Crippen LogP contribution in [-0.2, 0) is 4.74 Å². The van der Waals surface area contributed by atoms with Gasteiger partial charge in [-0.1, -0.05) is 18.2 Å². The Balaban J connectivity index is 2.62. The van der Waals surface area contributed by atoms with Gasteiger partial charge < -0.3 is 4.74 Å². The average Bonchev–Trinajstić information content (AvgIpc) is 2.29. The molecule has 0 aliphatic carbocycles. The van der Waals surface area contributed by atoms with Crippen LogP contribution < -0.4 is 0 Å². The van der Waals surface area contributed by atoms with E-state index in [0.29, 0.717) is 12.2 Å². The van der Waals surface area contributed by atoms with Crippen LogP contribution in [0.5, 0.6) is 0 Å². The monoisotopic (exact) mass is 215 g/mol. The van der Waals surface area contributed by atoms with E-state index in [1.54, 1.807) is 19.2 Å². The van der Waals surface area contributed by atoms with Crippen LogP contribution in [0.1, 0.15) is 22.8 Å². The predicted molar refractivity (Wildman–Crippen MR) is 62.4 cm³/mol. The molecule has 0 spiro atoms. The normalized spacial score (nSPS) is 10.4. The minimum Gasteiger partial charge on any atom is -0.462 e. The smallest absolute Gasteiger partial charge is 0.338 e. The lowest BCUT2D eigenvalue weighted by molar-refractivity contribution is 0.0528. The molecule has 2 aromatic rings. The molecule has 3 heteroatoms. The summed E-state index contributed by atoms with van der Waals surface area (Å²) in [5.41, 5.74) is 2.49. The topological polar surface area (TPSA) is 39.2 Å². The van der Waals surface area contributed by atoms with E-state index < -0.39 is 0 Å². The van der Waals surface area contributed by atoms with Crippen molar-refractivity contribution in [3.8, 4) is 0 Å². The van der Waals surface area contributed by atoms with Crippen molar-refractivity contribution in [3.63, 3.8) is 0 Å². The quantitative estimate of drug-likeness (QED) is 0.723. The number of benzene rings is 1. The molecule has 3 nitrogen and oxygen atoms in total. The Morgan fingerprint density at radius 2 is 2.19 bits per heavy atom. The van der Waals surface area contributed by atoms with Gasteiger partial charge in [0.2, 0.25) is 0 Å². The van der Waals surface area contributed by atoms with E-state index in [2.05, 4.69) is 4.98 Å². The molecule has 0 amide bonds. The molecule has 0 saturated heterocycles. The number of carbonyl (C=O) groups is 1. The first-order valence-corrected chi connectivity index (χ1v) is 5.25. The van der Waals surface area contributed by atoms with Gasteiger partial charge in [-0.2, -0.15) is 0 Å². The van der Waals surface area contributed by atoms with Crippen molar-refractivity contribution in [1.82, 2.24) is 4.98 Å². The lowest BCUT2D eigenvalue weighted by atomic mass is 10.1. The molecule has 1 aromatic heterocycles. The van der Waals surface area contributed by atoms with E-state index in [1.165, 1.54) is 0 Å². The number of ether oxygens (including phenoxy) is 1. The van der Waals surface area contributed by atoms with Crippen LogP contribution in [-0.4, -0.2) is 17.6 Å². The van der Waals surface area contributed by atoms with Gasteiger partial charge in [0.1, 0.15) is 0 Å². The minimum absolute atomic E-state index is 0.291. The second-order valence-corrected chi connectivity index (χ2v) is 3.55. The van der Waals surface area contributed by atoms with E-state index in [0.717, 1.165) is 16.5 Å². The Kier molecular flexibility index (Phi) is 2.86. The Hall–Kier alpha value is -1.90. The van der Waals surface area contributed by atoms with Crippen molar-refractivity contribution in [2.75, 3.05) is 6.61 Å². The fourth-order valence-corrected chi connectivity index (χ4v) is 1.71. The van der Waals surface area contributed by atoms with Gasteiger partial charge in [-0.15, -0.1) is 0 Å². The SMILES string of the molecule is CCOC(=O)c1ccnc2c(C)cccc12. The van der Waals surface area contributed by atoms with Crippen molar-refractivity contribution >= 4 is 16.9 Å². The van der Waals surface area contributed by atoms with E-state index in [1.807, 2.05) is 25.1 Å². The van der Waals surface area contributed by atoms with Crippen molar-refractivity contribution in [2.45, 2.75) is 13.8 Å². The van der Waals surface area contributed by atoms with Gasteiger partial charge in [0.15, 0.2) is 0 Å². The second-order valence-electron chi connectivity index (χ2n) is 3.55. The summed E-state index contributed by atoms with van der Waals surface area (Å²) >= 11 is 0. The van der Waals surface area contributed by atoms with Crippen molar-refractivity contribution in [1.29, 1.82) is 0 Å². The van der Waals surface area contributed by atoms with E-state index in [-0.39, 0.29) is 5.97 Å². The largest absolute Gasteiger partial charge is 0.462 e. The van der Waals surface area contributed by atoms with Crippen LogP contribution in [0.15, 0.2) is 30.5 Å². The van der Waals surface area contributed by atoms with Crippen LogP contribution in [0.3, 0.4) is 0 Å². The molecule has 1 aromatic carbocycles. The summed E-state index contributed by atoms with van der Waals surface area (Å²) in [7, 11) is 0. The summed E-state index contributed by atoms with van der Waals surface area (Å²) in [6, 6.07) is 7.48. The number of nitrogens with zero attached hydrogens (tertiary/aromatic N) is 1. The Morgan fingerprint density at radius 3 is 2.94 bits per heavy atom. The van der Waals surface area contributed by atoms with Gasteiger partial charge in [-0.25, -0.2) is 4.79 Å². The molecule has 0 fully saturated rings. The fourth-order valence-electron chi connectivity index (χ4n) is 1.71. The summed E-state index contributed by atoms with van der Waals surface area (Å²) in [4.78, 5) is 16.0. The maximum absolute atomic E-state index is 11.7. The van der Waals surface area contributed by atoms with Gasteiger partial charge in [0.05, 0.1) is 17.7 Å². The number of hydrogen-bond acceptors (Lipinski definition) is 3. The highest BCUT2D eigenvalue weighted by molar-refractivity contribution is 6.03. The van der Waals surface area contributed by atoms with Gasteiger partial charge in [0.25, 0.3) is 0 Å². The van der Waals surface area contributed by atoms with Crippen LogP contribution in [0.25, 0.3) is 10.9 Å². The van der Waals surface area contributed by atoms with E-state index >= 15 is 0 Å². The standard InChI is InChI=1S/C13H13NO2/c1-3-16-13(15)11-7-8-14-12-9(2)5-4-6-10(11)12/h4-8H,3H2,1-2H3. The zero-order chi connectivity index (χ0) is 11.5. The first kappa shape index (κ1) is 10.6. The third-order valence-corrected chi connectivity index (χ3v) is 2.47. The molecule has 0 aliphatic heterocycles. The molecule has 0 aliphatic rings. The number of hydrogen-bond donors (Lipinski definition) is 0. The highest BCUT2D eigenvalue weighted by atomic mass is 16.5. The van der Waals surface area contributed by atoms with Crippen molar-refractivity contribution < 1.29 is 9.53 Å². The number of aromatic nitrogens is 1. The van der Waals surface area contributed by atoms with Gasteiger partial charge in [-0.05, 0) is 25.5 Å². The van der Waals surface area contributed by atoms with E-state index in [9.17, 15) is 4.79 Å². The highest BCUT2D eigenvalue weighted by Crippen LogP contribution is 2.20. The molecule has 0 saturated carbocycles. The summed E-state index contributed by atoms with van der Waals surface area (Å²) in [5, 5.41) is 0.848. The molecule has 2 rings (SSSR count). The molecule has 1 heterocycles.